The van der Waals surface area contributed by atoms with Crippen LogP contribution < -0.4 is 9.64 Å². The Hall–Kier alpha value is -2.80. The molecule has 0 saturated carbocycles. The number of rotatable bonds is 2. The summed E-state index contributed by atoms with van der Waals surface area (Å²) in [5.74, 6) is 0.458. The van der Waals surface area contributed by atoms with E-state index in [0.717, 1.165) is 12.0 Å². The number of benzene rings is 2. The van der Waals surface area contributed by atoms with Gasteiger partial charge in [0, 0.05) is 12.1 Å². The number of nitrogens with zero attached hydrogens (tertiary/aromatic N) is 2. The summed E-state index contributed by atoms with van der Waals surface area (Å²) in [6.45, 7) is 0.547. The molecule has 4 nitrogen and oxygen atoms in total. The lowest BCUT2D eigenvalue weighted by molar-refractivity contribution is 0.0980. The topological polar surface area (TPSA) is 53.3 Å². The van der Waals surface area contributed by atoms with Crippen molar-refractivity contribution in [1.29, 1.82) is 5.26 Å². The summed E-state index contributed by atoms with van der Waals surface area (Å²) in [5.41, 5.74) is 2.75. The maximum Gasteiger partial charge on any atom is 0.258 e. The highest BCUT2D eigenvalue weighted by atomic mass is 16.5. The molecule has 3 rings (SSSR count). The molecule has 0 bridgehead atoms. The van der Waals surface area contributed by atoms with E-state index >= 15 is 0 Å². The third kappa shape index (κ3) is 2.13. The van der Waals surface area contributed by atoms with Gasteiger partial charge >= 0.3 is 0 Å². The molecule has 2 aromatic carbocycles. The molecule has 0 aromatic heterocycles. The molecule has 0 N–H and O–H groups in total. The Labute approximate surface area is 123 Å². The van der Waals surface area contributed by atoms with Crippen LogP contribution in [0, 0.1) is 11.3 Å². The van der Waals surface area contributed by atoms with Gasteiger partial charge < -0.3 is 9.64 Å². The van der Waals surface area contributed by atoms with Crippen LogP contribution in [0.25, 0.3) is 0 Å². The zero-order chi connectivity index (χ0) is 14.8. The summed E-state index contributed by atoms with van der Waals surface area (Å²) in [6.07, 6.45) is 0.769. The molecule has 0 unspecified atom stereocenters. The van der Waals surface area contributed by atoms with Gasteiger partial charge in [-0.25, -0.2) is 0 Å². The number of ether oxygens (including phenoxy) is 1. The fourth-order valence-electron chi connectivity index (χ4n) is 2.70. The van der Waals surface area contributed by atoms with Gasteiger partial charge in [-0.1, -0.05) is 24.3 Å². The molecular formula is C17H14N2O2. The van der Waals surface area contributed by atoms with Crippen LogP contribution in [0.1, 0.15) is 21.5 Å². The average Bonchev–Trinajstić information content (AvgIpc) is 2.55. The van der Waals surface area contributed by atoms with Crippen molar-refractivity contribution < 1.29 is 9.53 Å². The van der Waals surface area contributed by atoms with E-state index in [1.165, 1.54) is 0 Å². The predicted molar refractivity (Wildman–Crippen MR) is 79.5 cm³/mol. The predicted octanol–water partition coefficient (Wildman–Crippen LogP) is 2.77. The van der Waals surface area contributed by atoms with E-state index in [1.54, 1.807) is 30.2 Å². The van der Waals surface area contributed by atoms with E-state index in [1.807, 2.05) is 24.3 Å². The first kappa shape index (κ1) is 13.2. The number of hydrogen-bond acceptors (Lipinski definition) is 3. The maximum absolute atomic E-state index is 12.7. The normalized spacial score (nSPS) is 13.5. The number of anilines is 1. The lowest BCUT2D eigenvalue weighted by Crippen LogP contribution is -2.38. The molecule has 0 radical (unpaired) electrons. The van der Waals surface area contributed by atoms with Crippen LogP contribution >= 0.6 is 0 Å². The zero-order valence-electron chi connectivity index (χ0n) is 11.7. The van der Waals surface area contributed by atoms with E-state index in [0.29, 0.717) is 29.1 Å². The molecule has 0 spiro atoms. The Morgan fingerprint density at radius 2 is 2.00 bits per heavy atom. The maximum atomic E-state index is 12.7. The SMILES string of the molecule is COc1cccc(C#N)c1N1CCc2ccccc2C1=O. The molecule has 1 amide bonds. The number of nitriles is 1. The van der Waals surface area contributed by atoms with Crippen LogP contribution in [0.2, 0.25) is 0 Å². The van der Waals surface area contributed by atoms with Gasteiger partial charge in [-0.3, -0.25) is 4.79 Å². The second kappa shape index (κ2) is 5.29. The molecule has 21 heavy (non-hydrogen) atoms. The lowest BCUT2D eigenvalue weighted by Gasteiger charge is -2.30. The standard InChI is InChI=1S/C17H14N2O2/c1-21-15-8-4-6-13(11-18)16(15)19-10-9-12-5-2-3-7-14(12)17(19)20/h2-8H,9-10H2,1H3. The van der Waals surface area contributed by atoms with Crippen molar-refractivity contribution >= 4 is 11.6 Å². The Morgan fingerprint density at radius 3 is 2.76 bits per heavy atom. The lowest BCUT2D eigenvalue weighted by atomic mass is 9.98. The Morgan fingerprint density at radius 1 is 1.19 bits per heavy atom. The molecular weight excluding hydrogens is 264 g/mol. The fourth-order valence-corrected chi connectivity index (χ4v) is 2.70. The first-order valence-corrected chi connectivity index (χ1v) is 6.73. The molecule has 1 aliphatic heterocycles. The number of para-hydroxylation sites is 1. The number of fused-ring (bicyclic) bond motifs is 1. The van der Waals surface area contributed by atoms with Crippen molar-refractivity contribution in [3.8, 4) is 11.8 Å². The highest BCUT2D eigenvalue weighted by molar-refractivity contribution is 6.09. The molecule has 0 fully saturated rings. The quantitative estimate of drug-likeness (QED) is 0.848. The van der Waals surface area contributed by atoms with Gasteiger partial charge in [-0.2, -0.15) is 5.26 Å². The van der Waals surface area contributed by atoms with Crippen LogP contribution in [0.3, 0.4) is 0 Å². The Kier molecular flexibility index (Phi) is 3.33. The number of carbonyl (C=O) groups excluding carboxylic acids is 1. The van der Waals surface area contributed by atoms with Crippen molar-refractivity contribution in [2.75, 3.05) is 18.6 Å². The van der Waals surface area contributed by atoms with Crippen LogP contribution in [0.15, 0.2) is 42.5 Å². The molecule has 0 atom stereocenters. The van der Waals surface area contributed by atoms with E-state index in [4.69, 9.17) is 4.74 Å². The van der Waals surface area contributed by atoms with Crippen molar-refractivity contribution in [2.45, 2.75) is 6.42 Å². The van der Waals surface area contributed by atoms with E-state index < -0.39 is 0 Å². The first-order valence-electron chi connectivity index (χ1n) is 6.73. The van der Waals surface area contributed by atoms with Crippen molar-refractivity contribution in [2.24, 2.45) is 0 Å². The van der Waals surface area contributed by atoms with Crippen LogP contribution in [-0.2, 0) is 6.42 Å². The number of methoxy groups -OCH3 is 1. The van der Waals surface area contributed by atoms with Crippen molar-refractivity contribution in [3.05, 3.63) is 59.2 Å². The minimum Gasteiger partial charge on any atom is -0.495 e. The summed E-state index contributed by atoms with van der Waals surface area (Å²) in [6, 6.07) is 14.9. The number of hydrogen-bond donors (Lipinski definition) is 0. The summed E-state index contributed by atoms with van der Waals surface area (Å²) in [7, 11) is 1.54. The highest BCUT2D eigenvalue weighted by Gasteiger charge is 2.28. The largest absolute Gasteiger partial charge is 0.495 e. The first-order chi connectivity index (χ1) is 10.3. The van der Waals surface area contributed by atoms with Gasteiger partial charge in [0.05, 0.1) is 12.7 Å². The van der Waals surface area contributed by atoms with Gasteiger partial charge in [0.15, 0.2) is 0 Å². The summed E-state index contributed by atoms with van der Waals surface area (Å²) in [4.78, 5) is 14.4. The van der Waals surface area contributed by atoms with Crippen LogP contribution in [0.5, 0.6) is 5.75 Å². The van der Waals surface area contributed by atoms with Gasteiger partial charge in [-0.05, 0) is 30.2 Å². The summed E-state index contributed by atoms with van der Waals surface area (Å²) >= 11 is 0. The van der Waals surface area contributed by atoms with E-state index in [-0.39, 0.29) is 5.91 Å². The zero-order valence-corrected chi connectivity index (χ0v) is 11.7. The van der Waals surface area contributed by atoms with Gasteiger partial charge in [0.1, 0.15) is 17.5 Å². The molecule has 0 aliphatic carbocycles. The van der Waals surface area contributed by atoms with Crippen molar-refractivity contribution in [1.82, 2.24) is 0 Å². The summed E-state index contributed by atoms with van der Waals surface area (Å²) < 4.78 is 5.33. The second-order valence-corrected chi connectivity index (χ2v) is 4.83. The number of carbonyl (C=O) groups is 1. The molecule has 0 saturated heterocycles. The summed E-state index contributed by atoms with van der Waals surface area (Å²) in [5, 5.41) is 9.31. The van der Waals surface area contributed by atoms with Crippen LogP contribution in [-0.4, -0.2) is 19.6 Å². The average molecular weight is 278 g/mol. The van der Waals surface area contributed by atoms with Gasteiger partial charge in [0.25, 0.3) is 5.91 Å². The number of amides is 1. The van der Waals surface area contributed by atoms with Gasteiger partial charge in [-0.15, -0.1) is 0 Å². The monoisotopic (exact) mass is 278 g/mol. The molecule has 4 heteroatoms. The third-order valence-corrected chi connectivity index (χ3v) is 3.71. The minimum absolute atomic E-state index is 0.0853. The molecule has 1 aliphatic rings. The fraction of sp³-hybridized carbons (Fsp3) is 0.176. The third-order valence-electron chi connectivity index (χ3n) is 3.71. The molecule has 2 aromatic rings. The minimum atomic E-state index is -0.0853. The highest BCUT2D eigenvalue weighted by Crippen LogP contribution is 2.35. The van der Waals surface area contributed by atoms with Gasteiger partial charge in [0.2, 0.25) is 0 Å². The van der Waals surface area contributed by atoms with Crippen molar-refractivity contribution in [3.63, 3.8) is 0 Å². The van der Waals surface area contributed by atoms with E-state index in [2.05, 4.69) is 6.07 Å². The Bertz CT molecular complexity index is 747. The second-order valence-electron chi connectivity index (χ2n) is 4.83. The van der Waals surface area contributed by atoms with E-state index in [9.17, 15) is 10.1 Å². The Balaban J connectivity index is 2.12. The smallest absolute Gasteiger partial charge is 0.258 e. The van der Waals surface area contributed by atoms with Crippen LogP contribution in [0.4, 0.5) is 5.69 Å². The molecule has 1 heterocycles. The molecule has 104 valence electrons.